The molecule has 1 atom stereocenters. The Kier molecular flexibility index (Phi) is 4.37. The van der Waals surface area contributed by atoms with Gasteiger partial charge < -0.3 is 11.1 Å². The van der Waals surface area contributed by atoms with Crippen molar-refractivity contribution in [3.05, 3.63) is 12.7 Å². The fourth-order valence-corrected chi connectivity index (χ4v) is 2.10. The van der Waals surface area contributed by atoms with Crippen LogP contribution in [0.2, 0.25) is 0 Å². The lowest BCUT2D eigenvalue weighted by Crippen LogP contribution is -2.45. The molecule has 21 heavy (non-hydrogen) atoms. The Labute approximate surface area is 121 Å². The molecule has 3 N–H and O–H groups in total. The van der Waals surface area contributed by atoms with E-state index in [0.29, 0.717) is 17.4 Å². The van der Waals surface area contributed by atoms with Crippen LogP contribution in [-0.4, -0.2) is 59.2 Å². The van der Waals surface area contributed by atoms with Crippen molar-refractivity contribution < 1.29 is 19.2 Å². The minimum Gasteiger partial charge on any atom is -0.353 e. The highest BCUT2D eigenvalue weighted by atomic mass is 16.2. The molecule has 1 unspecified atom stereocenters. The van der Waals surface area contributed by atoms with E-state index >= 15 is 0 Å². The lowest BCUT2D eigenvalue weighted by molar-refractivity contribution is -0.143. The van der Waals surface area contributed by atoms with Crippen LogP contribution >= 0.6 is 0 Å². The molecule has 0 aromatic carbocycles. The van der Waals surface area contributed by atoms with E-state index in [2.05, 4.69) is 11.9 Å². The summed E-state index contributed by atoms with van der Waals surface area (Å²) in [6.07, 6.45) is 3.46. The summed E-state index contributed by atoms with van der Waals surface area (Å²) in [5.74, 6) is -2.02. The molecule has 2 fully saturated rings. The highest BCUT2D eigenvalue weighted by Crippen LogP contribution is 2.31. The zero-order chi connectivity index (χ0) is 15.6. The van der Waals surface area contributed by atoms with Crippen molar-refractivity contribution in [1.29, 1.82) is 0 Å². The lowest BCUT2D eigenvalue weighted by Gasteiger charge is -2.15. The predicted octanol–water partition coefficient (Wildman–Crippen LogP) is -1.18. The van der Waals surface area contributed by atoms with Crippen LogP contribution in [0.5, 0.6) is 0 Å². The Balaban J connectivity index is 1.87. The number of urea groups is 1. The van der Waals surface area contributed by atoms with Crippen LogP contribution in [0.3, 0.4) is 0 Å². The number of nitrogens with two attached hydrogens (primary N) is 1. The van der Waals surface area contributed by atoms with E-state index in [1.165, 1.54) is 6.08 Å². The molecule has 0 bridgehead atoms. The summed E-state index contributed by atoms with van der Waals surface area (Å²) in [4.78, 5) is 48.2. The number of rotatable bonds is 7. The van der Waals surface area contributed by atoms with Crippen LogP contribution < -0.4 is 11.1 Å². The number of nitrogens with zero attached hydrogens (tertiary/aromatic N) is 2. The van der Waals surface area contributed by atoms with E-state index in [1.807, 2.05) is 0 Å². The molecule has 0 aromatic heterocycles. The van der Waals surface area contributed by atoms with Gasteiger partial charge in [-0.05, 0) is 18.8 Å². The second-order valence-corrected chi connectivity index (χ2v) is 5.18. The summed E-state index contributed by atoms with van der Waals surface area (Å²) in [6, 6.07) is -0.913. The summed E-state index contributed by atoms with van der Waals surface area (Å²) in [5, 5.41) is 2.57. The van der Waals surface area contributed by atoms with Gasteiger partial charge in [-0.1, -0.05) is 6.08 Å². The predicted molar refractivity (Wildman–Crippen MR) is 72.7 cm³/mol. The highest BCUT2D eigenvalue weighted by molar-refractivity contribution is 6.45. The maximum atomic E-state index is 11.9. The SMILES string of the molecule is C=CCN1C(=O)C(=O)N(CC(=O)NCC(N)C2CC2)C1=O. The van der Waals surface area contributed by atoms with Crippen LogP contribution in [0.25, 0.3) is 0 Å². The molecule has 1 aliphatic carbocycles. The zero-order valence-electron chi connectivity index (χ0n) is 11.6. The van der Waals surface area contributed by atoms with Gasteiger partial charge in [-0.25, -0.2) is 9.69 Å². The highest BCUT2D eigenvalue weighted by Gasteiger charge is 2.44. The van der Waals surface area contributed by atoms with E-state index < -0.39 is 30.3 Å². The van der Waals surface area contributed by atoms with Crippen molar-refractivity contribution in [1.82, 2.24) is 15.1 Å². The number of hydrogen-bond donors (Lipinski definition) is 2. The van der Waals surface area contributed by atoms with Gasteiger partial charge in [0, 0.05) is 19.1 Å². The third kappa shape index (κ3) is 3.27. The van der Waals surface area contributed by atoms with Crippen molar-refractivity contribution >= 4 is 23.8 Å². The molecule has 5 amide bonds. The van der Waals surface area contributed by atoms with Crippen molar-refractivity contribution in [3.8, 4) is 0 Å². The van der Waals surface area contributed by atoms with Crippen molar-refractivity contribution in [2.45, 2.75) is 18.9 Å². The molecule has 1 aliphatic heterocycles. The minimum absolute atomic E-state index is 0.0614. The quantitative estimate of drug-likeness (QED) is 0.348. The Hall–Kier alpha value is -2.22. The van der Waals surface area contributed by atoms with Crippen molar-refractivity contribution in [2.75, 3.05) is 19.6 Å². The number of nitrogens with one attached hydrogen (secondary N) is 1. The van der Waals surface area contributed by atoms with Crippen LogP contribution in [0, 0.1) is 5.92 Å². The van der Waals surface area contributed by atoms with Crippen LogP contribution in [0.15, 0.2) is 12.7 Å². The summed E-state index contributed by atoms with van der Waals surface area (Å²) in [7, 11) is 0. The Morgan fingerprint density at radius 3 is 2.52 bits per heavy atom. The lowest BCUT2D eigenvalue weighted by atomic mass is 10.2. The van der Waals surface area contributed by atoms with E-state index in [-0.39, 0.29) is 12.6 Å². The van der Waals surface area contributed by atoms with Crippen molar-refractivity contribution in [2.24, 2.45) is 11.7 Å². The topological polar surface area (TPSA) is 113 Å². The average molecular weight is 294 g/mol. The van der Waals surface area contributed by atoms with Crippen molar-refractivity contribution in [3.63, 3.8) is 0 Å². The zero-order valence-corrected chi connectivity index (χ0v) is 11.6. The maximum absolute atomic E-state index is 11.9. The molecule has 2 rings (SSSR count). The smallest absolute Gasteiger partial charge is 0.335 e. The first-order valence-electron chi connectivity index (χ1n) is 6.76. The molecule has 8 nitrogen and oxygen atoms in total. The van der Waals surface area contributed by atoms with Gasteiger partial charge in [0.25, 0.3) is 0 Å². The number of hydrogen-bond acceptors (Lipinski definition) is 5. The summed E-state index contributed by atoms with van der Waals surface area (Å²) in [6.45, 7) is 3.16. The van der Waals surface area contributed by atoms with Crippen LogP contribution in [-0.2, 0) is 14.4 Å². The maximum Gasteiger partial charge on any atom is 0.335 e. The monoisotopic (exact) mass is 294 g/mol. The molecule has 2 aliphatic rings. The first-order valence-corrected chi connectivity index (χ1v) is 6.76. The summed E-state index contributed by atoms with van der Waals surface area (Å²) >= 11 is 0. The standard InChI is InChI=1S/C13H18N4O4/c1-2-5-16-11(19)12(20)17(13(16)21)7-10(18)15-6-9(14)8-3-4-8/h2,8-9H,1,3-7,14H2,(H,15,18). The number of amides is 5. The largest absolute Gasteiger partial charge is 0.353 e. The average Bonchev–Trinajstić information content (AvgIpc) is 3.27. The molecule has 0 spiro atoms. The molecule has 1 saturated carbocycles. The van der Waals surface area contributed by atoms with Gasteiger partial charge in [0.1, 0.15) is 6.54 Å². The first kappa shape index (κ1) is 15.2. The third-order valence-corrected chi connectivity index (χ3v) is 3.51. The molecule has 0 radical (unpaired) electrons. The molecular formula is C13H18N4O4. The van der Waals surface area contributed by atoms with E-state index in [0.717, 1.165) is 17.7 Å². The first-order chi connectivity index (χ1) is 9.95. The van der Waals surface area contributed by atoms with Gasteiger partial charge in [0.05, 0.1) is 0 Å². The van der Waals surface area contributed by atoms with Crippen LogP contribution in [0.1, 0.15) is 12.8 Å². The van der Waals surface area contributed by atoms with Crippen LogP contribution in [0.4, 0.5) is 4.79 Å². The number of imide groups is 2. The summed E-state index contributed by atoms with van der Waals surface area (Å²) < 4.78 is 0. The van der Waals surface area contributed by atoms with Gasteiger partial charge in [-0.3, -0.25) is 19.3 Å². The molecule has 1 saturated heterocycles. The second-order valence-electron chi connectivity index (χ2n) is 5.18. The van der Waals surface area contributed by atoms with Gasteiger partial charge >= 0.3 is 17.8 Å². The Morgan fingerprint density at radius 1 is 1.33 bits per heavy atom. The van der Waals surface area contributed by atoms with Gasteiger partial charge in [0.15, 0.2) is 0 Å². The van der Waals surface area contributed by atoms with E-state index in [1.54, 1.807) is 0 Å². The van der Waals surface area contributed by atoms with Gasteiger partial charge in [-0.15, -0.1) is 6.58 Å². The third-order valence-electron chi connectivity index (χ3n) is 3.51. The van der Waals surface area contributed by atoms with Gasteiger partial charge in [0.2, 0.25) is 5.91 Å². The Bertz CT molecular complexity index is 500. The molecule has 8 heteroatoms. The molecule has 114 valence electrons. The molecule has 1 heterocycles. The van der Waals surface area contributed by atoms with E-state index in [9.17, 15) is 19.2 Å². The minimum atomic E-state index is -0.997. The summed E-state index contributed by atoms with van der Waals surface area (Å²) in [5.41, 5.74) is 5.84. The fourth-order valence-electron chi connectivity index (χ4n) is 2.10. The number of carbonyl (C=O) groups excluding carboxylic acids is 4. The fraction of sp³-hybridized carbons (Fsp3) is 0.538. The normalized spacial score (nSPS) is 20.0. The molecule has 0 aromatic rings. The number of carbonyl (C=O) groups is 4. The van der Waals surface area contributed by atoms with Gasteiger partial charge in [-0.2, -0.15) is 0 Å². The molecular weight excluding hydrogens is 276 g/mol. The second kappa shape index (κ2) is 6.04. The Morgan fingerprint density at radius 2 is 1.95 bits per heavy atom. The van der Waals surface area contributed by atoms with E-state index in [4.69, 9.17) is 5.73 Å².